The van der Waals surface area contributed by atoms with E-state index >= 15 is 0 Å². The summed E-state index contributed by atoms with van der Waals surface area (Å²) < 4.78 is 5.47. The van der Waals surface area contributed by atoms with E-state index in [-0.39, 0.29) is 18.2 Å². The van der Waals surface area contributed by atoms with Gasteiger partial charge in [-0.1, -0.05) is 0 Å². The van der Waals surface area contributed by atoms with Crippen molar-refractivity contribution in [1.29, 1.82) is 0 Å². The van der Waals surface area contributed by atoms with E-state index in [4.69, 9.17) is 4.74 Å². The second-order valence-corrected chi connectivity index (χ2v) is 7.22. The van der Waals surface area contributed by atoms with Gasteiger partial charge in [-0.25, -0.2) is 19.7 Å². The summed E-state index contributed by atoms with van der Waals surface area (Å²) in [6.07, 6.45) is 7.52. The quantitative estimate of drug-likeness (QED) is 0.693. The number of rotatable bonds is 5. The van der Waals surface area contributed by atoms with Crippen molar-refractivity contribution in [3.63, 3.8) is 0 Å². The van der Waals surface area contributed by atoms with Crippen molar-refractivity contribution in [1.82, 2.24) is 20.3 Å². The van der Waals surface area contributed by atoms with Gasteiger partial charge >= 0.3 is 6.09 Å². The van der Waals surface area contributed by atoms with E-state index in [0.717, 1.165) is 29.7 Å². The molecule has 2 atom stereocenters. The third-order valence-electron chi connectivity index (χ3n) is 4.20. The predicted molar refractivity (Wildman–Crippen MR) is 102 cm³/mol. The number of carbonyl (C=O) groups is 1. The van der Waals surface area contributed by atoms with Crippen molar-refractivity contribution < 1.29 is 9.53 Å². The van der Waals surface area contributed by atoms with Gasteiger partial charge in [0.15, 0.2) is 0 Å². The highest BCUT2D eigenvalue weighted by atomic mass is 32.1. The maximum Gasteiger partial charge on any atom is 0.407 e. The highest BCUT2D eigenvalue weighted by molar-refractivity contribution is 7.80. The van der Waals surface area contributed by atoms with Crippen LogP contribution in [0.15, 0.2) is 35.6 Å². The van der Waals surface area contributed by atoms with Crippen LogP contribution in [0.2, 0.25) is 0 Å². The highest BCUT2D eigenvalue weighted by Crippen LogP contribution is 2.35. The van der Waals surface area contributed by atoms with Gasteiger partial charge in [-0.15, -0.1) is 12.6 Å². The number of amides is 1. The lowest BCUT2D eigenvalue weighted by molar-refractivity contribution is 0.0982. The van der Waals surface area contributed by atoms with E-state index in [1.807, 2.05) is 38.4 Å². The number of carbonyl (C=O) groups excluding carboxylic acids is 1. The second-order valence-electron chi connectivity index (χ2n) is 6.70. The van der Waals surface area contributed by atoms with Gasteiger partial charge in [0.1, 0.15) is 11.9 Å². The van der Waals surface area contributed by atoms with Crippen LogP contribution in [-0.4, -0.2) is 33.2 Å². The van der Waals surface area contributed by atoms with Gasteiger partial charge in [0.25, 0.3) is 0 Å². The van der Waals surface area contributed by atoms with Crippen LogP contribution in [0.1, 0.15) is 44.6 Å². The Hall–Kier alpha value is -2.35. The second kappa shape index (κ2) is 8.35. The SMILES string of the molecule is CC(C)NC(=O)OC1CCC(c2cnc(Nc3ccc(S)cn3)nc2)C1. The molecule has 1 aliphatic rings. The van der Waals surface area contributed by atoms with E-state index in [0.29, 0.717) is 17.7 Å². The molecule has 1 saturated carbocycles. The topological polar surface area (TPSA) is 89.0 Å². The summed E-state index contributed by atoms with van der Waals surface area (Å²) in [7, 11) is 0. The van der Waals surface area contributed by atoms with Crippen molar-refractivity contribution in [2.45, 2.75) is 56.1 Å². The van der Waals surface area contributed by atoms with Crippen LogP contribution in [0.3, 0.4) is 0 Å². The van der Waals surface area contributed by atoms with Gasteiger partial charge in [-0.3, -0.25) is 0 Å². The molecular weight excluding hydrogens is 350 g/mol. The number of pyridine rings is 1. The molecule has 2 N–H and O–H groups in total. The molecule has 2 unspecified atom stereocenters. The lowest BCUT2D eigenvalue weighted by Crippen LogP contribution is -2.33. The number of ether oxygens (including phenoxy) is 1. The summed E-state index contributed by atoms with van der Waals surface area (Å²) in [5, 5.41) is 5.81. The summed E-state index contributed by atoms with van der Waals surface area (Å²) in [5.41, 5.74) is 1.06. The molecule has 8 heteroatoms. The van der Waals surface area contributed by atoms with E-state index in [2.05, 4.69) is 38.2 Å². The normalized spacial score (nSPS) is 19.4. The monoisotopic (exact) mass is 373 g/mol. The fourth-order valence-corrected chi connectivity index (χ4v) is 3.09. The summed E-state index contributed by atoms with van der Waals surface area (Å²) >= 11 is 4.21. The molecule has 0 aromatic carbocycles. The van der Waals surface area contributed by atoms with Gasteiger partial charge < -0.3 is 15.4 Å². The molecule has 0 aliphatic heterocycles. The minimum Gasteiger partial charge on any atom is -0.446 e. The van der Waals surface area contributed by atoms with E-state index in [9.17, 15) is 4.79 Å². The summed E-state index contributed by atoms with van der Waals surface area (Å²) in [6.45, 7) is 3.82. The lowest BCUT2D eigenvalue weighted by atomic mass is 10.0. The zero-order valence-electron chi connectivity index (χ0n) is 14.8. The number of aromatic nitrogens is 3. The van der Waals surface area contributed by atoms with Gasteiger partial charge in [0.2, 0.25) is 5.95 Å². The molecule has 0 bridgehead atoms. The number of alkyl carbamates (subject to hydrolysis) is 1. The Balaban J connectivity index is 1.54. The Bertz CT molecular complexity index is 736. The van der Waals surface area contributed by atoms with Crippen molar-refractivity contribution >= 4 is 30.5 Å². The molecule has 2 heterocycles. The van der Waals surface area contributed by atoms with Crippen LogP contribution >= 0.6 is 12.6 Å². The third kappa shape index (κ3) is 5.08. The molecule has 26 heavy (non-hydrogen) atoms. The fourth-order valence-electron chi connectivity index (χ4n) is 2.96. The summed E-state index contributed by atoms with van der Waals surface area (Å²) in [5.74, 6) is 1.47. The number of thiol groups is 1. The van der Waals surface area contributed by atoms with E-state index in [1.54, 1.807) is 6.20 Å². The summed E-state index contributed by atoms with van der Waals surface area (Å²) in [4.78, 5) is 25.5. The average Bonchev–Trinajstić information content (AvgIpc) is 3.05. The van der Waals surface area contributed by atoms with Crippen LogP contribution in [-0.2, 0) is 4.74 Å². The maximum absolute atomic E-state index is 11.7. The zero-order valence-corrected chi connectivity index (χ0v) is 15.7. The van der Waals surface area contributed by atoms with Gasteiger partial charge in [0.05, 0.1) is 0 Å². The number of nitrogens with zero attached hydrogens (tertiary/aromatic N) is 3. The minimum atomic E-state index is -0.346. The van der Waals surface area contributed by atoms with Crippen LogP contribution in [0, 0.1) is 0 Å². The predicted octanol–water partition coefficient (Wildman–Crippen LogP) is 3.67. The van der Waals surface area contributed by atoms with Crippen molar-refractivity contribution in [2.75, 3.05) is 5.32 Å². The standard InChI is InChI=1S/C18H23N5O2S/c1-11(2)22-18(24)25-14-4-3-12(7-14)13-8-20-17(21-9-13)23-16-6-5-15(26)10-19-16/h5-6,8-12,14,26H,3-4,7H2,1-2H3,(H,22,24)(H,19,20,21,23). The first-order chi connectivity index (χ1) is 12.5. The Morgan fingerprint density at radius 2 is 1.96 bits per heavy atom. The number of anilines is 2. The first-order valence-corrected chi connectivity index (χ1v) is 9.15. The number of nitrogens with one attached hydrogen (secondary N) is 2. The van der Waals surface area contributed by atoms with Gasteiger partial charge in [-0.2, -0.15) is 0 Å². The highest BCUT2D eigenvalue weighted by Gasteiger charge is 2.29. The molecule has 0 radical (unpaired) electrons. The molecule has 0 spiro atoms. The smallest absolute Gasteiger partial charge is 0.407 e. The Labute approximate surface area is 158 Å². The fraction of sp³-hybridized carbons (Fsp3) is 0.444. The molecule has 2 aromatic heterocycles. The van der Waals surface area contributed by atoms with Crippen molar-refractivity contribution in [2.24, 2.45) is 0 Å². The minimum absolute atomic E-state index is 0.0551. The molecule has 3 rings (SSSR count). The largest absolute Gasteiger partial charge is 0.446 e. The van der Waals surface area contributed by atoms with Crippen LogP contribution < -0.4 is 10.6 Å². The zero-order chi connectivity index (χ0) is 18.5. The molecule has 1 fully saturated rings. The molecule has 138 valence electrons. The third-order valence-corrected chi connectivity index (χ3v) is 4.46. The van der Waals surface area contributed by atoms with Crippen LogP contribution in [0.4, 0.5) is 16.6 Å². The maximum atomic E-state index is 11.7. The average molecular weight is 373 g/mol. The van der Waals surface area contributed by atoms with Gasteiger partial charge in [0, 0.05) is 29.5 Å². The van der Waals surface area contributed by atoms with E-state index < -0.39 is 0 Å². The first-order valence-electron chi connectivity index (χ1n) is 8.70. The molecule has 1 amide bonds. The van der Waals surface area contributed by atoms with Crippen molar-refractivity contribution in [3.05, 3.63) is 36.3 Å². The number of hydrogen-bond acceptors (Lipinski definition) is 7. The number of hydrogen-bond donors (Lipinski definition) is 3. The Morgan fingerprint density at radius 3 is 2.62 bits per heavy atom. The molecular formula is C18H23N5O2S. The van der Waals surface area contributed by atoms with E-state index in [1.165, 1.54) is 0 Å². The molecule has 7 nitrogen and oxygen atoms in total. The Kier molecular flexibility index (Phi) is 5.92. The first kappa shape index (κ1) is 18.4. The molecule has 0 saturated heterocycles. The lowest BCUT2D eigenvalue weighted by Gasteiger charge is -2.15. The van der Waals surface area contributed by atoms with Crippen LogP contribution in [0.5, 0.6) is 0 Å². The molecule has 1 aliphatic carbocycles. The van der Waals surface area contributed by atoms with Gasteiger partial charge in [-0.05, 0) is 56.7 Å². The van der Waals surface area contributed by atoms with Crippen LogP contribution in [0.25, 0.3) is 0 Å². The molecule has 2 aromatic rings. The van der Waals surface area contributed by atoms with Crippen molar-refractivity contribution in [3.8, 4) is 0 Å². The summed E-state index contributed by atoms with van der Waals surface area (Å²) in [6, 6.07) is 3.74. The Morgan fingerprint density at radius 1 is 1.19 bits per heavy atom.